The molecule has 1 aliphatic heterocycles. The fraction of sp³-hybridized carbons (Fsp3) is 0.300. The van der Waals surface area contributed by atoms with Gasteiger partial charge in [-0.1, -0.05) is 12.1 Å². The molecule has 1 aromatic heterocycles. The molecule has 0 unspecified atom stereocenters. The molecule has 8 heteroatoms. The average molecular weight is 400 g/mol. The number of aromatic nitrogens is 2. The second kappa shape index (κ2) is 8.12. The molecule has 146 valence electrons. The predicted molar refractivity (Wildman–Crippen MR) is 108 cm³/mol. The number of ether oxygens (including phenoxy) is 1. The third-order valence-corrected chi connectivity index (χ3v) is 5.14. The Hall–Kier alpha value is -2.71. The van der Waals surface area contributed by atoms with Crippen LogP contribution in [0, 0.1) is 10.7 Å². The standard InChI is InChI=1S/C20H21FN4O2S/c1-26-16-8-6-15(7-9-16)19-22-25(20(28)27-19)14-23-10-12-24(13-11-23)18-5-3-2-4-17(18)21/h2-9H,10-14H2,1H3. The van der Waals surface area contributed by atoms with Gasteiger partial charge in [-0.3, -0.25) is 4.90 Å². The van der Waals surface area contributed by atoms with E-state index in [-0.39, 0.29) is 5.82 Å². The Morgan fingerprint density at radius 1 is 1.07 bits per heavy atom. The van der Waals surface area contributed by atoms with Crippen molar-refractivity contribution in [2.45, 2.75) is 6.67 Å². The second-order valence-electron chi connectivity index (χ2n) is 6.60. The molecule has 1 fully saturated rings. The molecule has 2 aromatic carbocycles. The molecule has 6 nitrogen and oxygen atoms in total. The number of rotatable bonds is 5. The Morgan fingerprint density at radius 2 is 1.79 bits per heavy atom. The summed E-state index contributed by atoms with van der Waals surface area (Å²) in [7, 11) is 1.63. The van der Waals surface area contributed by atoms with Gasteiger partial charge in [-0.2, -0.15) is 0 Å². The number of piperazine rings is 1. The molecule has 2 heterocycles. The third kappa shape index (κ3) is 3.93. The SMILES string of the molecule is COc1ccc(-c2nn(CN3CCN(c4ccccc4F)CC3)c(=S)o2)cc1. The summed E-state index contributed by atoms with van der Waals surface area (Å²) in [5.41, 5.74) is 1.50. The lowest BCUT2D eigenvalue weighted by Crippen LogP contribution is -2.47. The Bertz CT molecular complexity index is 994. The van der Waals surface area contributed by atoms with E-state index >= 15 is 0 Å². The highest BCUT2D eigenvalue weighted by atomic mass is 32.1. The van der Waals surface area contributed by atoms with Crippen LogP contribution in [0.25, 0.3) is 11.5 Å². The van der Waals surface area contributed by atoms with Gasteiger partial charge in [0.1, 0.15) is 11.6 Å². The van der Waals surface area contributed by atoms with Gasteiger partial charge < -0.3 is 14.1 Å². The molecule has 28 heavy (non-hydrogen) atoms. The zero-order valence-corrected chi connectivity index (χ0v) is 16.4. The Labute approximate surface area is 167 Å². The molecule has 0 atom stereocenters. The highest BCUT2D eigenvalue weighted by molar-refractivity contribution is 7.71. The number of benzene rings is 2. The molecule has 0 spiro atoms. The summed E-state index contributed by atoms with van der Waals surface area (Å²) in [5, 5.41) is 4.51. The van der Waals surface area contributed by atoms with Crippen molar-refractivity contribution in [1.29, 1.82) is 0 Å². The average Bonchev–Trinajstić information content (AvgIpc) is 3.09. The summed E-state index contributed by atoms with van der Waals surface area (Å²) in [5.74, 6) is 1.07. The zero-order valence-electron chi connectivity index (χ0n) is 15.5. The lowest BCUT2D eigenvalue weighted by atomic mass is 10.2. The summed E-state index contributed by atoms with van der Waals surface area (Å²) in [6.45, 7) is 3.63. The molecular weight excluding hydrogens is 379 g/mol. The van der Waals surface area contributed by atoms with Crippen molar-refractivity contribution in [3.8, 4) is 17.2 Å². The topological polar surface area (TPSA) is 46.7 Å². The summed E-state index contributed by atoms with van der Waals surface area (Å²) >= 11 is 5.33. The maximum atomic E-state index is 14.0. The first kappa shape index (κ1) is 18.6. The number of nitrogens with zero attached hydrogens (tertiary/aromatic N) is 4. The number of hydrogen-bond donors (Lipinski definition) is 0. The van der Waals surface area contributed by atoms with Gasteiger partial charge in [0.05, 0.1) is 19.5 Å². The third-order valence-electron chi connectivity index (χ3n) is 4.84. The second-order valence-corrected chi connectivity index (χ2v) is 6.95. The zero-order chi connectivity index (χ0) is 19.5. The minimum Gasteiger partial charge on any atom is -0.497 e. The number of para-hydroxylation sites is 1. The van der Waals surface area contributed by atoms with Crippen molar-refractivity contribution in [3.05, 3.63) is 59.2 Å². The molecule has 4 rings (SSSR count). The highest BCUT2D eigenvalue weighted by Gasteiger charge is 2.20. The lowest BCUT2D eigenvalue weighted by molar-refractivity contribution is 0.192. The molecule has 0 bridgehead atoms. The molecule has 1 saturated heterocycles. The summed E-state index contributed by atoms with van der Waals surface area (Å²) in [4.78, 5) is 4.63. The summed E-state index contributed by atoms with van der Waals surface area (Å²) in [6.07, 6.45) is 0. The smallest absolute Gasteiger partial charge is 0.288 e. The van der Waals surface area contributed by atoms with Crippen LogP contribution in [0.15, 0.2) is 52.9 Å². The number of halogens is 1. The van der Waals surface area contributed by atoms with E-state index in [4.69, 9.17) is 21.4 Å². The predicted octanol–water partition coefficient (Wildman–Crippen LogP) is 3.80. The molecular formula is C20H21FN4O2S. The van der Waals surface area contributed by atoms with E-state index in [1.165, 1.54) is 6.07 Å². The van der Waals surface area contributed by atoms with Crippen molar-refractivity contribution in [2.24, 2.45) is 0 Å². The monoisotopic (exact) mass is 400 g/mol. The maximum Gasteiger partial charge on any atom is 0.288 e. The minimum absolute atomic E-state index is 0.182. The minimum atomic E-state index is -0.182. The van der Waals surface area contributed by atoms with E-state index in [2.05, 4.69) is 14.9 Å². The van der Waals surface area contributed by atoms with Gasteiger partial charge in [-0.25, -0.2) is 9.07 Å². The van der Waals surface area contributed by atoms with Crippen LogP contribution in [-0.4, -0.2) is 48.0 Å². The van der Waals surface area contributed by atoms with E-state index in [1.54, 1.807) is 17.9 Å². The van der Waals surface area contributed by atoms with Crippen molar-refractivity contribution >= 4 is 17.9 Å². The molecule has 0 saturated carbocycles. The van der Waals surface area contributed by atoms with Gasteiger partial charge in [-0.15, -0.1) is 5.10 Å². The number of methoxy groups -OCH3 is 1. The first-order chi connectivity index (χ1) is 13.6. The van der Waals surface area contributed by atoms with Crippen LogP contribution >= 0.6 is 12.2 Å². The van der Waals surface area contributed by atoms with Crippen molar-refractivity contribution in [3.63, 3.8) is 0 Å². The van der Waals surface area contributed by atoms with Gasteiger partial charge in [0.2, 0.25) is 5.89 Å². The quantitative estimate of drug-likeness (QED) is 0.607. The van der Waals surface area contributed by atoms with Crippen LogP contribution < -0.4 is 9.64 Å². The van der Waals surface area contributed by atoms with Gasteiger partial charge >= 0.3 is 0 Å². The first-order valence-electron chi connectivity index (χ1n) is 9.08. The van der Waals surface area contributed by atoms with Crippen molar-refractivity contribution < 1.29 is 13.5 Å². The molecule has 0 amide bonds. The molecule has 0 radical (unpaired) electrons. The van der Waals surface area contributed by atoms with Gasteiger partial charge in [-0.05, 0) is 48.6 Å². The summed E-state index contributed by atoms with van der Waals surface area (Å²) in [6, 6.07) is 14.4. The molecule has 0 aliphatic carbocycles. The van der Waals surface area contributed by atoms with E-state index < -0.39 is 0 Å². The fourth-order valence-electron chi connectivity index (χ4n) is 3.27. The maximum absolute atomic E-state index is 14.0. The van der Waals surface area contributed by atoms with Gasteiger partial charge in [0.15, 0.2) is 0 Å². The van der Waals surface area contributed by atoms with E-state index in [0.717, 1.165) is 37.5 Å². The largest absolute Gasteiger partial charge is 0.497 e. The first-order valence-corrected chi connectivity index (χ1v) is 9.49. The van der Waals surface area contributed by atoms with Crippen LogP contribution in [0.1, 0.15) is 0 Å². The van der Waals surface area contributed by atoms with Crippen LogP contribution in [0.2, 0.25) is 0 Å². The fourth-order valence-corrected chi connectivity index (χ4v) is 3.45. The molecule has 1 aliphatic rings. The lowest BCUT2D eigenvalue weighted by Gasteiger charge is -2.35. The molecule has 0 N–H and O–H groups in total. The van der Waals surface area contributed by atoms with Gasteiger partial charge in [0, 0.05) is 31.7 Å². The van der Waals surface area contributed by atoms with Crippen LogP contribution in [0.5, 0.6) is 5.75 Å². The molecule has 3 aromatic rings. The van der Waals surface area contributed by atoms with Crippen LogP contribution in [0.4, 0.5) is 10.1 Å². The Morgan fingerprint density at radius 3 is 2.46 bits per heavy atom. The Kier molecular flexibility index (Phi) is 5.40. The Balaban J connectivity index is 1.41. The van der Waals surface area contributed by atoms with Crippen molar-refractivity contribution in [1.82, 2.24) is 14.7 Å². The van der Waals surface area contributed by atoms with E-state index in [1.807, 2.05) is 36.4 Å². The number of hydrogen-bond acceptors (Lipinski definition) is 6. The van der Waals surface area contributed by atoms with Gasteiger partial charge in [0.25, 0.3) is 4.84 Å². The van der Waals surface area contributed by atoms with E-state index in [0.29, 0.717) is 23.1 Å². The highest BCUT2D eigenvalue weighted by Crippen LogP contribution is 2.22. The number of anilines is 1. The van der Waals surface area contributed by atoms with E-state index in [9.17, 15) is 4.39 Å². The van der Waals surface area contributed by atoms with Crippen LogP contribution in [0.3, 0.4) is 0 Å². The summed E-state index contributed by atoms with van der Waals surface area (Å²) < 4.78 is 26.5. The van der Waals surface area contributed by atoms with Crippen molar-refractivity contribution in [2.75, 3.05) is 38.2 Å². The normalized spacial score (nSPS) is 15.0. The van der Waals surface area contributed by atoms with Crippen LogP contribution in [-0.2, 0) is 6.67 Å².